The Morgan fingerprint density at radius 1 is 0.720 bits per heavy atom. The van der Waals surface area contributed by atoms with E-state index in [1.807, 2.05) is 0 Å². The number of anilines is 2. The largest absolute Gasteiger partial charge is 0.392 e. The lowest BCUT2D eigenvalue weighted by Crippen LogP contribution is -2.26. The first-order valence-electron chi connectivity index (χ1n) is 16.4. The van der Waals surface area contributed by atoms with Gasteiger partial charge in [0.25, 0.3) is 11.1 Å². The molecular weight excluding hydrogens is 685 g/mol. The molecule has 0 unspecified atom stereocenters. The van der Waals surface area contributed by atoms with Crippen LogP contribution in [0, 0.1) is 20.2 Å². The van der Waals surface area contributed by atoms with Gasteiger partial charge in [-0.3, -0.25) is 39.0 Å². The highest BCUT2D eigenvalue weighted by Crippen LogP contribution is 2.41. The fourth-order valence-electron chi connectivity index (χ4n) is 7.17. The second kappa shape index (κ2) is 13.3. The Morgan fingerprint density at radius 2 is 1.16 bits per heavy atom. The number of aromatic nitrogens is 6. The molecule has 0 radical (unpaired) electrons. The van der Waals surface area contributed by atoms with Gasteiger partial charge in [0.05, 0.1) is 33.3 Å². The molecule has 260 valence electrons. The average molecular weight is 719 g/mol. The summed E-state index contributed by atoms with van der Waals surface area (Å²) < 4.78 is 4.41. The van der Waals surface area contributed by atoms with E-state index >= 15 is 0 Å². The van der Waals surface area contributed by atoms with Gasteiger partial charge in [0.15, 0.2) is 0 Å². The van der Waals surface area contributed by atoms with Gasteiger partial charge in [-0.15, -0.1) is 22.7 Å². The molecule has 2 aliphatic carbocycles. The van der Waals surface area contributed by atoms with Crippen LogP contribution in [0.3, 0.4) is 0 Å². The van der Waals surface area contributed by atoms with Crippen LogP contribution in [0.1, 0.15) is 76.3 Å². The van der Waals surface area contributed by atoms with Crippen LogP contribution < -0.4 is 21.8 Å². The van der Waals surface area contributed by atoms with Gasteiger partial charge < -0.3 is 10.6 Å². The summed E-state index contributed by atoms with van der Waals surface area (Å²) in [6, 6.07) is 0.363. The third kappa shape index (κ3) is 5.70. The second-order valence-corrected chi connectivity index (χ2v) is 14.9. The molecule has 0 atom stereocenters. The molecule has 8 rings (SSSR count). The van der Waals surface area contributed by atoms with Crippen molar-refractivity contribution in [3.63, 3.8) is 0 Å². The van der Waals surface area contributed by atoms with E-state index < -0.39 is 9.85 Å². The Hall–Kier alpha value is -5.10. The van der Waals surface area contributed by atoms with Crippen molar-refractivity contribution in [3.8, 4) is 0 Å². The lowest BCUT2D eigenvalue weighted by atomic mass is 9.95. The third-order valence-electron chi connectivity index (χ3n) is 9.62. The number of nitrogen functional groups attached to an aromatic ring is 1. The lowest BCUT2D eigenvalue weighted by molar-refractivity contribution is -0.384. The number of nitro groups is 2. The van der Waals surface area contributed by atoms with Crippen LogP contribution in [-0.2, 0) is 0 Å². The number of thiophene rings is 2. The number of pyridine rings is 2. The molecule has 6 heterocycles. The average Bonchev–Trinajstić information content (AvgIpc) is 3.69. The molecule has 0 saturated heterocycles. The molecular formula is C32H34N10O6S2. The summed E-state index contributed by atoms with van der Waals surface area (Å²) >= 11 is 2.45. The van der Waals surface area contributed by atoms with Crippen molar-refractivity contribution in [2.45, 2.75) is 76.3 Å². The predicted molar refractivity (Wildman–Crippen MR) is 195 cm³/mol. The van der Waals surface area contributed by atoms with Crippen molar-refractivity contribution in [2.75, 3.05) is 24.7 Å². The van der Waals surface area contributed by atoms with E-state index in [2.05, 4.69) is 19.9 Å². The topological polar surface area (TPSA) is 211 Å². The zero-order chi connectivity index (χ0) is 35.3. The quantitative estimate of drug-likeness (QED) is 0.150. The fraction of sp³-hybridized carbons (Fsp3) is 0.438. The standard InChI is InChI=1S/C17H19N5O3S.C15H15N5O3S/c1-20(2)14-11(22(24)25)8-18-16-12(14)13-15(26-16)17(23)21(9-19-13)10-6-4-3-5-7-10;16-11-9(20(22)23)6-17-14-10(11)12-13(24-14)15(21)19(7-18-12)8-4-2-1-3-5-8/h8-10H,3-7H2,1-2H3;6-8H,1-5H2,(H2,16,17). The first kappa shape index (κ1) is 33.4. The molecule has 6 aromatic rings. The zero-order valence-electron chi connectivity index (χ0n) is 27.4. The smallest absolute Gasteiger partial charge is 0.311 e. The van der Waals surface area contributed by atoms with Gasteiger partial charge in [-0.1, -0.05) is 38.5 Å². The summed E-state index contributed by atoms with van der Waals surface area (Å²) in [7, 11) is 3.49. The van der Waals surface area contributed by atoms with Crippen molar-refractivity contribution in [2.24, 2.45) is 0 Å². The molecule has 18 heteroatoms. The van der Waals surface area contributed by atoms with E-state index in [1.165, 1.54) is 41.7 Å². The van der Waals surface area contributed by atoms with Gasteiger partial charge in [0.1, 0.15) is 53.9 Å². The van der Waals surface area contributed by atoms with E-state index in [1.54, 1.807) is 40.8 Å². The van der Waals surface area contributed by atoms with Crippen LogP contribution in [0.25, 0.3) is 40.9 Å². The van der Waals surface area contributed by atoms with Gasteiger partial charge in [-0.05, 0) is 25.7 Å². The normalized spacial score (nSPS) is 15.8. The Bertz CT molecular complexity index is 2420. The third-order valence-corrected chi connectivity index (χ3v) is 11.8. The molecule has 2 saturated carbocycles. The monoisotopic (exact) mass is 718 g/mol. The molecule has 2 fully saturated rings. The molecule has 2 aliphatic rings. The van der Waals surface area contributed by atoms with Crippen molar-refractivity contribution in [1.82, 2.24) is 29.1 Å². The van der Waals surface area contributed by atoms with Crippen LogP contribution in [0.2, 0.25) is 0 Å². The van der Waals surface area contributed by atoms with E-state index in [0.717, 1.165) is 57.6 Å². The second-order valence-electron chi connectivity index (χ2n) is 12.9. The van der Waals surface area contributed by atoms with Crippen molar-refractivity contribution < 1.29 is 9.85 Å². The van der Waals surface area contributed by atoms with Gasteiger partial charge in [0.2, 0.25) is 0 Å². The maximum Gasteiger partial charge on any atom is 0.311 e. The SMILES string of the molecule is CN(C)c1c([N+](=O)[O-])cnc2sc3c(=O)n(C4CCCCC4)cnc3c12.Nc1c([N+](=O)[O-])cnc2sc3c(=O)n(C4CCCCC4)cnc3c12. The van der Waals surface area contributed by atoms with Crippen LogP contribution >= 0.6 is 22.7 Å². The predicted octanol–water partition coefficient (Wildman–Crippen LogP) is 6.49. The summed E-state index contributed by atoms with van der Waals surface area (Å²) in [4.78, 5) is 67.4. The van der Waals surface area contributed by atoms with Crippen molar-refractivity contribution in [3.05, 3.63) is 66.0 Å². The zero-order valence-corrected chi connectivity index (χ0v) is 29.0. The number of hydrogen-bond acceptors (Lipinski definition) is 14. The van der Waals surface area contributed by atoms with Crippen LogP contribution in [0.15, 0.2) is 34.6 Å². The number of nitrogens with two attached hydrogens (primary N) is 1. The summed E-state index contributed by atoms with van der Waals surface area (Å²) in [5, 5.41) is 23.4. The molecule has 0 aliphatic heterocycles. The summed E-state index contributed by atoms with van der Waals surface area (Å²) in [6.07, 6.45) is 16.4. The minimum atomic E-state index is -0.575. The molecule has 0 bridgehead atoms. The van der Waals surface area contributed by atoms with E-state index in [4.69, 9.17) is 5.73 Å². The highest BCUT2D eigenvalue weighted by atomic mass is 32.1. The van der Waals surface area contributed by atoms with E-state index in [0.29, 0.717) is 46.6 Å². The molecule has 0 spiro atoms. The Labute approximate surface area is 291 Å². The Morgan fingerprint density at radius 3 is 1.62 bits per heavy atom. The number of rotatable bonds is 5. The molecule has 16 nitrogen and oxygen atoms in total. The Kier molecular flexibility index (Phi) is 8.89. The molecule has 2 N–H and O–H groups in total. The van der Waals surface area contributed by atoms with Crippen LogP contribution in [0.4, 0.5) is 22.7 Å². The van der Waals surface area contributed by atoms with Gasteiger partial charge in [-0.25, -0.2) is 19.9 Å². The van der Waals surface area contributed by atoms with Crippen molar-refractivity contribution >= 4 is 86.3 Å². The maximum atomic E-state index is 13.1. The van der Waals surface area contributed by atoms with Gasteiger partial charge in [0, 0.05) is 26.2 Å². The maximum absolute atomic E-state index is 13.1. The molecule has 0 aromatic carbocycles. The van der Waals surface area contributed by atoms with E-state index in [-0.39, 0.29) is 40.3 Å². The number of nitrogens with zero attached hydrogens (tertiary/aromatic N) is 9. The van der Waals surface area contributed by atoms with Crippen LogP contribution in [-0.4, -0.2) is 53.0 Å². The van der Waals surface area contributed by atoms with Crippen LogP contribution in [0.5, 0.6) is 0 Å². The van der Waals surface area contributed by atoms with Gasteiger partial charge in [-0.2, -0.15) is 0 Å². The fourth-order valence-corrected chi connectivity index (χ4v) is 9.26. The highest BCUT2D eigenvalue weighted by molar-refractivity contribution is 7.25. The first-order valence-corrected chi connectivity index (χ1v) is 18.1. The summed E-state index contributed by atoms with van der Waals surface area (Å²) in [5.41, 5.74) is 6.76. The first-order chi connectivity index (χ1) is 24.1. The number of fused-ring (bicyclic) bond motifs is 6. The molecule has 6 aromatic heterocycles. The lowest BCUT2D eigenvalue weighted by Gasteiger charge is -2.23. The minimum Gasteiger partial charge on any atom is -0.392 e. The Balaban J connectivity index is 0.000000157. The molecule has 0 amide bonds. The summed E-state index contributed by atoms with van der Waals surface area (Å²) in [5.74, 6) is 0. The van der Waals surface area contributed by atoms with Crippen molar-refractivity contribution in [1.29, 1.82) is 0 Å². The number of hydrogen-bond donors (Lipinski definition) is 1. The van der Waals surface area contributed by atoms with Gasteiger partial charge >= 0.3 is 11.4 Å². The van der Waals surface area contributed by atoms with E-state index in [9.17, 15) is 29.8 Å². The minimum absolute atomic E-state index is 0.0126. The summed E-state index contributed by atoms with van der Waals surface area (Å²) in [6.45, 7) is 0. The molecule has 50 heavy (non-hydrogen) atoms. The highest BCUT2D eigenvalue weighted by Gasteiger charge is 2.27.